The standard InChI is InChI=1S/C12H13ClFNO4S/c1-3-4-7(2)15-20(18,19)10-6-8(13)5-9(11(10)14)12(16)17/h3,5-7,15H,1,4H2,2H3,(H,16,17). The fourth-order valence-corrected chi connectivity index (χ4v) is 3.21. The van der Waals surface area contributed by atoms with Crippen LogP contribution < -0.4 is 4.72 Å². The Balaban J connectivity index is 3.31. The molecule has 0 aliphatic heterocycles. The molecular weight excluding hydrogens is 309 g/mol. The first kappa shape index (κ1) is 16.6. The zero-order valence-corrected chi connectivity index (χ0v) is 12.1. The Labute approximate surface area is 121 Å². The second-order valence-corrected chi connectivity index (χ2v) is 6.24. The van der Waals surface area contributed by atoms with Crippen molar-refractivity contribution in [2.24, 2.45) is 0 Å². The van der Waals surface area contributed by atoms with Gasteiger partial charge in [-0.05, 0) is 25.5 Å². The number of hydrogen-bond donors (Lipinski definition) is 2. The van der Waals surface area contributed by atoms with Crippen molar-refractivity contribution in [2.75, 3.05) is 0 Å². The molecule has 110 valence electrons. The van der Waals surface area contributed by atoms with E-state index < -0.39 is 38.3 Å². The normalized spacial score (nSPS) is 12.9. The molecule has 0 heterocycles. The van der Waals surface area contributed by atoms with Gasteiger partial charge in [0.25, 0.3) is 0 Å². The number of carboxylic acids is 1. The van der Waals surface area contributed by atoms with Gasteiger partial charge in [0, 0.05) is 11.1 Å². The third-order valence-corrected chi connectivity index (χ3v) is 4.21. The van der Waals surface area contributed by atoms with Crippen LogP contribution in [-0.2, 0) is 10.0 Å². The minimum atomic E-state index is -4.21. The van der Waals surface area contributed by atoms with E-state index in [-0.39, 0.29) is 5.02 Å². The third-order valence-electron chi connectivity index (χ3n) is 2.40. The van der Waals surface area contributed by atoms with Crippen LogP contribution in [0, 0.1) is 5.82 Å². The molecule has 1 atom stereocenters. The molecule has 0 bridgehead atoms. The lowest BCUT2D eigenvalue weighted by Gasteiger charge is -2.14. The first-order valence-electron chi connectivity index (χ1n) is 5.54. The maximum Gasteiger partial charge on any atom is 0.338 e. The van der Waals surface area contributed by atoms with Gasteiger partial charge < -0.3 is 5.11 Å². The highest BCUT2D eigenvalue weighted by molar-refractivity contribution is 7.89. The summed E-state index contributed by atoms with van der Waals surface area (Å²) in [4.78, 5) is 10.1. The summed E-state index contributed by atoms with van der Waals surface area (Å²) in [5.41, 5.74) is -0.797. The highest BCUT2D eigenvalue weighted by Gasteiger charge is 2.26. The molecule has 0 saturated heterocycles. The molecule has 1 rings (SSSR count). The van der Waals surface area contributed by atoms with E-state index in [1.54, 1.807) is 6.92 Å². The van der Waals surface area contributed by atoms with Crippen LogP contribution >= 0.6 is 11.6 Å². The minimum absolute atomic E-state index is 0.180. The van der Waals surface area contributed by atoms with Crippen molar-refractivity contribution < 1.29 is 22.7 Å². The molecular formula is C12H13ClFNO4S. The van der Waals surface area contributed by atoms with E-state index in [0.29, 0.717) is 6.42 Å². The van der Waals surface area contributed by atoms with Gasteiger partial charge in [0.05, 0.1) is 5.56 Å². The first-order chi connectivity index (χ1) is 9.19. The van der Waals surface area contributed by atoms with Gasteiger partial charge in [0.2, 0.25) is 10.0 Å². The van der Waals surface area contributed by atoms with E-state index in [1.807, 2.05) is 0 Å². The topological polar surface area (TPSA) is 83.5 Å². The van der Waals surface area contributed by atoms with Crippen LogP contribution in [0.4, 0.5) is 4.39 Å². The molecule has 0 aromatic heterocycles. The highest BCUT2D eigenvalue weighted by atomic mass is 35.5. The van der Waals surface area contributed by atoms with Crippen molar-refractivity contribution in [1.29, 1.82) is 0 Å². The van der Waals surface area contributed by atoms with Crippen molar-refractivity contribution in [3.63, 3.8) is 0 Å². The lowest BCUT2D eigenvalue weighted by Crippen LogP contribution is -2.33. The first-order valence-corrected chi connectivity index (χ1v) is 7.40. The van der Waals surface area contributed by atoms with Gasteiger partial charge >= 0.3 is 5.97 Å². The number of sulfonamides is 1. The zero-order chi connectivity index (χ0) is 15.5. The van der Waals surface area contributed by atoms with E-state index in [0.717, 1.165) is 12.1 Å². The van der Waals surface area contributed by atoms with E-state index in [1.165, 1.54) is 6.08 Å². The molecule has 5 nitrogen and oxygen atoms in total. The van der Waals surface area contributed by atoms with Gasteiger partial charge in [0.1, 0.15) is 4.90 Å². The Hall–Kier alpha value is -1.44. The van der Waals surface area contributed by atoms with Crippen molar-refractivity contribution in [2.45, 2.75) is 24.3 Å². The Morgan fingerprint density at radius 3 is 2.70 bits per heavy atom. The van der Waals surface area contributed by atoms with Crippen LogP contribution in [0.2, 0.25) is 5.02 Å². The van der Waals surface area contributed by atoms with Gasteiger partial charge in [-0.15, -0.1) is 6.58 Å². The maximum absolute atomic E-state index is 14.0. The Morgan fingerprint density at radius 1 is 1.60 bits per heavy atom. The fraction of sp³-hybridized carbons (Fsp3) is 0.250. The van der Waals surface area contributed by atoms with Gasteiger partial charge in [-0.3, -0.25) is 0 Å². The summed E-state index contributed by atoms with van der Waals surface area (Å²) in [6.07, 6.45) is 1.84. The van der Waals surface area contributed by atoms with Crippen molar-refractivity contribution in [3.8, 4) is 0 Å². The molecule has 0 aliphatic rings. The highest BCUT2D eigenvalue weighted by Crippen LogP contribution is 2.24. The second-order valence-electron chi connectivity index (χ2n) is 4.12. The summed E-state index contributed by atoms with van der Waals surface area (Å²) in [6.45, 7) is 5.03. The summed E-state index contributed by atoms with van der Waals surface area (Å²) < 4.78 is 40.2. The monoisotopic (exact) mass is 321 g/mol. The SMILES string of the molecule is C=CCC(C)NS(=O)(=O)c1cc(Cl)cc(C(=O)O)c1F. The summed E-state index contributed by atoms with van der Waals surface area (Å²) in [7, 11) is -4.21. The van der Waals surface area contributed by atoms with Gasteiger partial charge in [-0.25, -0.2) is 22.3 Å². The molecule has 0 radical (unpaired) electrons. The van der Waals surface area contributed by atoms with Crippen molar-refractivity contribution >= 4 is 27.6 Å². The lowest BCUT2D eigenvalue weighted by atomic mass is 10.2. The molecule has 0 saturated carbocycles. The minimum Gasteiger partial charge on any atom is -0.478 e. The smallest absolute Gasteiger partial charge is 0.338 e. The van der Waals surface area contributed by atoms with Crippen LogP contribution in [0.1, 0.15) is 23.7 Å². The molecule has 0 amide bonds. The van der Waals surface area contributed by atoms with Gasteiger partial charge in [0.15, 0.2) is 5.82 Å². The van der Waals surface area contributed by atoms with Crippen LogP contribution in [-0.4, -0.2) is 25.5 Å². The molecule has 0 fully saturated rings. The van der Waals surface area contributed by atoms with Gasteiger partial charge in [-0.1, -0.05) is 17.7 Å². The maximum atomic E-state index is 14.0. The average molecular weight is 322 g/mol. The number of rotatable bonds is 6. The largest absolute Gasteiger partial charge is 0.478 e. The van der Waals surface area contributed by atoms with Crippen LogP contribution in [0.25, 0.3) is 0 Å². The second kappa shape index (κ2) is 6.34. The van der Waals surface area contributed by atoms with Crippen molar-refractivity contribution in [1.82, 2.24) is 4.72 Å². The molecule has 8 heteroatoms. The number of aromatic carboxylic acids is 1. The molecule has 2 N–H and O–H groups in total. The third kappa shape index (κ3) is 3.78. The molecule has 1 aromatic carbocycles. The predicted molar refractivity (Wildman–Crippen MR) is 73.0 cm³/mol. The zero-order valence-electron chi connectivity index (χ0n) is 10.6. The van der Waals surface area contributed by atoms with E-state index in [2.05, 4.69) is 11.3 Å². The Bertz CT molecular complexity index is 645. The molecule has 20 heavy (non-hydrogen) atoms. The summed E-state index contributed by atoms with van der Waals surface area (Å²) >= 11 is 5.63. The number of nitrogens with one attached hydrogen (secondary N) is 1. The average Bonchev–Trinajstić information content (AvgIpc) is 2.30. The summed E-state index contributed by atoms with van der Waals surface area (Å²) in [5, 5.41) is 8.64. The number of carbonyl (C=O) groups is 1. The molecule has 1 unspecified atom stereocenters. The number of benzene rings is 1. The number of halogens is 2. The van der Waals surface area contributed by atoms with Crippen LogP contribution in [0.5, 0.6) is 0 Å². The van der Waals surface area contributed by atoms with E-state index in [4.69, 9.17) is 16.7 Å². The van der Waals surface area contributed by atoms with Crippen molar-refractivity contribution in [3.05, 3.63) is 41.2 Å². The number of hydrogen-bond acceptors (Lipinski definition) is 3. The van der Waals surface area contributed by atoms with Crippen LogP contribution in [0.15, 0.2) is 29.7 Å². The molecule has 0 aliphatic carbocycles. The van der Waals surface area contributed by atoms with Gasteiger partial charge in [-0.2, -0.15) is 0 Å². The van der Waals surface area contributed by atoms with E-state index in [9.17, 15) is 17.6 Å². The Morgan fingerprint density at radius 2 is 2.20 bits per heavy atom. The molecule has 0 spiro atoms. The molecule has 1 aromatic rings. The van der Waals surface area contributed by atoms with E-state index >= 15 is 0 Å². The number of carboxylic acid groups (broad SMARTS) is 1. The quantitative estimate of drug-likeness (QED) is 0.788. The lowest BCUT2D eigenvalue weighted by molar-refractivity contribution is 0.0691. The predicted octanol–water partition coefficient (Wildman–Crippen LogP) is 2.42. The van der Waals surface area contributed by atoms with Crippen LogP contribution in [0.3, 0.4) is 0 Å². The Kier molecular flexibility index (Phi) is 5.27. The fourth-order valence-electron chi connectivity index (χ4n) is 1.54. The summed E-state index contributed by atoms with van der Waals surface area (Å²) in [5.74, 6) is -2.94. The summed E-state index contributed by atoms with van der Waals surface area (Å²) in [6, 6.07) is 1.21.